The summed E-state index contributed by atoms with van der Waals surface area (Å²) in [6.07, 6.45) is 0.867. The first kappa shape index (κ1) is 16.4. The van der Waals surface area contributed by atoms with Crippen LogP contribution in [-0.2, 0) is 0 Å². The minimum absolute atomic E-state index is 0.203. The third kappa shape index (κ3) is 3.42. The van der Waals surface area contributed by atoms with Gasteiger partial charge >= 0.3 is 0 Å². The Morgan fingerprint density at radius 3 is 2.32 bits per heavy atom. The van der Waals surface area contributed by atoms with Crippen molar-refractivity contribution in [2.75, 3.05) is 20.8 Å². The van der Waals surface area contributed by atoms with E-state index in [9.17, 15) is 0 Å². The first-order valence-corrected chi connectivity index (χ1v) is 7.59. The van der Waals surface area contributed by atoms with Gasteiger partial charge in [-0.25, -0.2) is 0 Å². The number of rotatable bonds is 6. The maximum atomic E-state index is 5.86. The van der Waals surface area contributed by atoms with Crippen LogP contribution in [0, 0.1) is 13.8 Å². The second kappa shape index (κ2) is 7.32. The smallest absolute Gasteiger partial charge is 0.122 e. The lowest BCUT2D eigenvalue weighted by Gasteiger charge is -2.21. The van der Waals surface area contributed by atoms with E-state index in [-0.39, 0.29) is 5.92 Å². The number of hydrogen-bond acceptors (Lipinski definition) is 3. The highest BCUT2D eigenvalue weighted by molar-refractivity contribution is 5.47. The third-order valence-electron chi connectivity index (χ3n) is 4.20. The van der Waals surface area contributed by atoms with Crippen molar-refractivity contribution in [2.45, 2.75) is 26.2 Å². The van der Waals surface area contributed by atoms with Crippen molar-refractivity contribution in [1.82, 2.24) is 0 Å². The third-order valence-corrected chi connectivity index (χ3v) is 4.20. The SMILES string of the molecule is COc1ccc(OC)c(C(CCN)c2ccc(C)c(C)c2)c1. The summed E-state index contributed by atoms with van der Waals surface area (Å²) in [6.45, 7) is 4.89. The first-order valence-electron chi connectivity index (χ1n) is 7.59. The molecule has 1 atom stereocenters. The van der Waals surface area contributed by atoms with E-state index in [4.69, 9.17) is 15.2 Å². The molecule has 22 heavy (non-hydrogen) atoms. The molecule has 0 spiro atoms. The monoisotopic (exact) mass is 299 g/mol. The van der Waals surface area contributed by atoms with Gasteiger partial charge < -0.3 is 15.2 Å². The van der Waals surface area contributed by atoms with Crippen LogP contribution >= 0.6 is 0 Å². The second-order valence-electron chi connectivity index (χ2n) is 5.58. The average Bonchev–Trinajstić information content (AvgIpc) is 2.54. The summed E-state index contributed by atoms with van der Waals surface area (Å²) < 4.78 is 10.9. The largest absolute Gasteiger partial charge is 0.497 e. The Morgan fingerprint density at radius 2 is 1.73 bits per heavy atom. The van der Waals surface area contributed by atoms with E-state index in [0.29, 0.717) is 6.54 Å². The molecule has 0 aromatic heterocycles. The maximum Gasteiger partial charge on any atom is 0.122 e. The van der Waals surface area contributed by atoms with Crippen LogP contribution in [0.2, 0.25) is 0 Å². The normalized spacial score (nSPS) is 12.0. The number of hydrogen-bond donors (Lipinski definition) is 1. The molecule has 0 aliphatic carbocycles. The molecule has 0 bridgehead atoms. The lowest BCUT2D eigenvalue weighted by molar-refractivity contribution is 0.396. The topological polar surface area (TPSA) is 44.5 Å². The van der Waals surface area contributed by atoms with E-state index in [0.717, 1.165) is 23.5 Å². The Morgan fingerprint density at radius 1 is 0.955 bits per heavy atom. The predicted molar refractivity (Wildman–Crippen MR) is 91.0 cm³/mol. The van der Waals surface area contributed by atoms with Gasteiger partial charge in [0.25, 0.3) is 0 Å². The van der Waals surface area contributed by atoms with Gasteiger partial charge in [0.05, 0.1) is 14.2 Å². The fourth-order valence-electron chi connectivity index (χ4n) is 2.76. The zero-order valence-corrected chi connectivity index (χ0v) is 13.8. The molecule has 0 heterocycles. The van der Waals surface area contributed by atoms with E-state index in [1.807, 2.05) is 18.2 Å². The molecule has 1 unspecified atom stereocenters. The van der Waals surface area contributed by atoms with E-state index in [2.05, 4.69) is 32.0 Å². The first-order chi connectivity index (χ1) is 10.6. The molecule has 2 aromatic carbocycles. The van der Waals surface area contributed by atoms with Crippen molar-refractivity contribution < 1.29 is 9.47 Å². The van der Waals surface area contributed by atoms with Gasteiger partial charge in [0.15, 0.2) is 0 Å². The van der Waals surface area contributed by atoms with E-state index < -0.39 is 0 Å². The Balaban J connectivity index is 2.53. The molecule has 2 rings (SSSR count). The van der Waals surface area contributed by atoms with Crippen LogP contribution in [0.15, 0.2) is 36.4 Å². The van der Waals surface area contributed by atoms with Crippen molar-refractivity contribution >= 4 is 0 Å². The zero-order valence-electron chi connectivity index (χ0n) is 13.8. The molecule has 0 aliphatic rings. The zero-order chi connectivity index (χ0) is 16.1. The molecule has 3 heteroatoms. The van der Waals surface area contributed by atoms with Crippen LogP contribution in [0.3, 0.4) is 0 Å². The van der Waals surface area contributed by atoms with Gasteiger partial charge in [-0.15, -0.1) is 0 Å². The highest BCUT2D eigenvalue weighted by Crippen LogP contribution is 2.37. The Kier molecular flexibility index (Phi) is 5.45. The highest BCUT2D eigenvalue weighted by atomic mass is 16.5. The summed E-state index contributed by atoms with van der Waals surface area (Å²) in [7, 11) is 3.38. The molecular formula is C19H25NO2. The number of nitrogens with two attached hydrogens (primary N) is 1. The molecule has 0 amide bonds. The minimum atomic E-state index is 0.203. The van der Waals surface area contributed by atoms with Gasteiger partial charge in [-0.2, -0.15) is 0 Å². The van der Waals surface area contributed by atoms with E-state index >= 15 is 0 Å². The molecule has 0 saturated carbocycles. The summed E-state index contributed by atoms with van der Waals surface area (Å²) >= 11 is 0. The Bertz CT molecular complexity index is 637. The number of benzene rings is 2. The van der Waals surface area contributed by atoms with Crippen LogP contribution < -0.4 is 15.2 Å². The second-order valence-corrected chi connectivity index (χ2v) is 5.58. The number of aryl methyl sites for hydroxylation is 2. The van der Waals surface area contributed by atoms with E-state index in [1.165, 1.54) is 16.7 Å². The summed E-state index contributed by atoms with van der Waals surface area (Å²) in [5.41, 5.74) is 10.8. The maximum absolute atomic E-state index is 5.86. The van der Waals surface area contributed by atoms with Crippen molar-refractivity contribution in [1.29, 1.82) is 0 Å². The number of methoxy groups -OCH3 is 2. The summed E-state index contributed by atoms with van der Waals surface area (Å²) in [5, 5.41) is 0. The summed E-state index contributed by atoms with van der Waals surface area (Å²) in [4.78, 5) is 0. The average molecular weight is 299 g/mol. The Labute approximate surface area is 133 Å². The molecule has 0 aliphatic heterocycles. The molecule has 2 N–H and O–H groups in total. The van der Waals surface area contributed by atoms with Gasteiger partial charge in [-0.05, 0) is 61.7 Å². The van der Waals surface area contributed by atoms with Crippen molar-refractivity contribution in [3.63, 3.8) is 0 Å². The molecule has 2 aromatic rings. The molecule has 118 valence electrons. The van der Waals surface area contributed by atoms with Crippen molar-refractivity contribution in [3.8, 4) is 11.5 Å². The van der Waals surface area contributed by atoms with Gasteiger partial charge in [-0.3, -0.25) is 0 Å². The van der Waals surface area contributed by atoms with Crippen molar-refractivity contribution in [3.05, 3.63) is 58.7 Å². The van der Waals surface area contributed by atoms with Crippen LogP contribution in [0.4, 0.5) is 0 Å². The lowest BCUT2D eigenvalue weighted by atomic mass is 9.86. The fraction of sp³-hybridized carbons (Fsp3) is 0.368. The van der Waals surface area contributed by atoms with Gasteiger partial charge in [0.2, 0.25) is 0 Å². The van der Waals surface area contributed by atoms with Crippen LogP contribution in [-0.4, -0.2) is 20.8 Å². The molecule has 0 fully saturated rings. The van der Waals surface area contributed by atoms with Crippen LogP contribution in [0.5, 0.6) is 11.5 Å². The predicted octanol–water partition coefficient (Wildman–Crippen LogP) is 3.80. The van der Waals surface area contributed by atoms with Crippen LogP contribution in [0.25, 0.3) is 0 Å². The fourth-order valence-corrected chi connectivity index (χ4v) is 2.76. The summed E-state index contributed by atoms with van der Waals surface area (Å²) in [5.74, 6) is 1.91. The minimum Gasteiger partial charge on any atom is -0.497 e. The van der Waals surface area contributed by atoms with Crippen LogP contribution in [0.1, 0.15) is 34.6 Å². The molecular weight excluding hydrogens is 274 g/mol. The van der Waals surface area contributed by atoms with Gasteiger partial charge in [0, 0.05) is 11.5 Å². The van der Waals surface area contributed by atoms with E-state index in [1.54, 1.807) is 14.2 Å². The Hall–Kier alpha value is -2.00. The molecule has 0 saturated heterocycles. The lowest BCUT2D eigenvalue weighted by Crippen LogP contribution is -2.10. The molecule has 0 radical (unpaired) electrons. The summed E-state index contributed by atoms with van der Waals surface area (Å²) in [6, 6.07) is 12.5. The quantitative estimate of drug-likeness (QED) is 0.882. The van der Waals surface area contributed by atoms with Gasteiger partial charge in [0.1, 0.15) is 11.5 Å². The number of ether oxygens (including phenoxy) is 2. The molecule has 3 nitrogen and oxygen atoms in total. The van der Waals surface area contributed by atoms with Crippen molar-refractivity contribution in [2.24, 2.45) is 5.73 Å². The van der Waals surface area contributed by atoms with Gasteiger partial charge in [-0.1, -0.05) is 18.2 Å². The highest BCUT2D eigenvalue weighted by Gasteiger charge is 2.19. The standard InChI is InChI=1S/C19H25NO2/c1-13-5-6-15(11-14(13)2)17(9-10-20)18-12-16(21-3)7-8-19(18)22-4/h5-8,11-12,17H,9-10,20H2,1-4H3.